The number of hydrogen-bond donors (Lipinski definition) is 0. The molecule has 2 heterocycles. The minimum Gasteiger partial charge on any atom is -0.324 e. The van der Waals surface area contributed by atoms with Crippen LogP contribution in [0.5, 0.6) is 0 Å². The van der Waals surface area contributed by atoms with Crippen molar-refractivity contribution in [3.05, 3.63) is 23.8 Å². The molecule has 1 aromatic heterocycles. The predicted molar refractivity (Wildman–Crippen MR) is 84.7 cm³/mol. The highest BCUT2D eigenvalue weighted by atomic mass is 19.4. The second-order valence-corrected chi connectivity index (χ2v) is 7.39. The predicted octanol–water partition coefficient (Wildman–Crippen LogP) is 4.11. The van der Waals surface area contributed by atoms with E-state index in [1.54, 1.807) is 6.92 Å². The van der Waals surface area contributed by atoms with Crippen LogP contribution in [0, 0.1) is 0 Å². The number of rotatable bonds is 3. The Morgan fingerprint density at radius 2 is 1.83 bits per heavy atom. The fraction of sp³-hybridized carbons (Fsp3) is 0.706. The minimum absolute atomic E-state index is 0.0446. The fourth-order valence-electron chi connectivity index (χ4n) is 3.27. The summed E-state index contributed by atoms with van der Waals surface area (Å²) in [7, 11) is 0. The molecule has 1 aliphatic rings. The van der Waals surface area contributed by atoms with Crippen molar-refractivity contribution in [2.45, 2.75) is 70.5 Å². The maximum Gasteiger partial charge on any atom is 0.411 e. The van der Waals surface area contributed by atoms with E-state index in [0.717, 1.165) is 4.90 Å². The summed E-state index contributed by atoms with van der Waals surface area (Å²) in [6.07, 6.45) is -1.18. The van der Waals surface area contributed by atoms with Crippen molar-refractivity contribution in [1.29, 1.82) is 0 Å². The van der Waals surface area contributed by atoms with Gasteiger partial charge in [0.2, 0.25) is 0 Å². The lowest BCUT2D eigenvalue weighted by molar-refractivity contribution is -0.217. The van der Waals surface area contributed by atoms with Crippen LogP contribution in [0.2, 0.25) is 0 Å². The lowest BCUT2D eigenvalue weighted by atomic mass is 9.89. The molecule has 0 radical (unpaired) electrons. The highest BCUT2D eigenvalue weighted by Gasteiger charge is 2.61. The first-order valence-electron chi connectivity index (χ1n) is 8.24. The molecule has 0 saturated carbocycles. The average molecular weight is 343 g/mol. The van der Waals surface area contributed by atoms with Crippen molar-refractivity contribution in [3.8, 4) is 0 Å². The maximum atomic E-state index is 13.7. The van der Waals surface area contributed by atoms with Crippen LogP contribution in [0.1, 0.15) is 69.6 Å². The van der Waals surface area contributed by atoms with Gasteiger partial charge in [-0.25, -0.2) is 9.97 Å². The summed E-state index contributed by atoms with van der Waals surface area (Å²) < 4.78 is 41.2. The number of carbonyl (C=O) groups is 1. The fourth-order valence-corrected chi connectivity index (χ4v) is 3.27. The summed E-state index contributed by atoms with van der Waals surface area (Å²) >= 11 is 0. The van der Waals surface area contributed by atoms with Gasteiger partial charge in [0.05, 0.1) is 5.56 Å². The number of carbonyl (C=O) groups excluding carboxylic acids is 1. The van der Waals surface area contributed by atoms with Crippen LogP contribution >= 0.6 is 0 Å². The molecule has 4 nitrogen and oxygen atoms in total. The number of nitrogens with zero attached hydrogens (tertiary/aromatic N) is 3. The highest BCUT2D eigenvalue weighted by molar-refractivity contribution is 5.94. The van der Waals surface area contributed by atoms with Crippen molar-refractivity contribution in [2.75, 3.05) is 6.54 Å². The molecule has 0 N–H and O–H groups in total. The third kappa shape index (κ3) is 3.26. The van der Waals surface area contributed by atoms with Crippen LogP contribution in [0.3, 0.4) is 0 Å². The Hall–Kier alpha value is -1.66. The van der Waals surface area contributed by atoms with Gasteiger partial charge >= 0.3 is 6.18 Å². The molecule has 2 rings (SSSR count). The lowest BCUT2D eigenvalue weighted by Crippen LogP contribution is -2.57. The maximum absolute atomic E-state index is 13.7. The molecule has 0 aromatic carbocycles. The van der Waals surface area contributed by atoms with Crippen molar-refractivity contribution in [3.63, 3.8) is 0 Å². The number of alkyl halides is 3. The lowest BCUT2D eigenvalue weighted by Gasteiger charge is -2.40. The van der Waals surface area contributed by atoms with E-state index in [2.05, 4.69) is 9.97 Å². The van der Waals surface area contributed by atoms with Crippen LogP contribution in [0.25, 0.3) is 0 Å². The number of halogens is 3. The zero-order chi connectivity index (χ0) is 18.2. The van der Waals surface area contributed by atoms with Crippen LogP contribution < -0.4 is 0 Å². The van der Waals surface area contributed by atoms with Gasteiger partial charge in [-0.3, -0.25) is 4.79 Å². The minimum atomic E-state index is -4.44. The summed E-state index contributed by atoms with van der Waals surface area (Å²) in [6, 6.07) is 0. The molecule has 0 bridgehead atoms. The monoisotopic (exact) mass is 343 g/mol. The number of aromatic nitrogens is 2. The van der Waals surface area contributed by atoms with Gasteiger partial charge in [0, 0.05) is 24.4 Å². The Kier molecular flexibility index (Phi) is 4.93. The van der Waals surface area contributed by atoms with E-state index < -0.39 is 17.6 Å². The second kappa shape index (κ2) is 6.33. The van der Waals surface area contributed by atoms with E-state index >= 15 is 0 Å². The molecule has 24 heavy (non-hydrogen) atoms. The summed E-state index contributed by atoms with van der Waals surface area (Å²) in [4.78, 5) is 22.0. The van der Waals surface area contributed by atoms with Gasteiger partial charge in [0.25, 0.3) is 5.91 Å². The molecule has 134 valence electrons. The highest BCUT2D eigenvalue weighted by Crippen LogP contribution is 2.46. The van der Waals surface area contributed by atoms with Crippen LogP contribution in [0.15, 0.2) is 12.4 Å². The summed E-state index contributed by atoms with van der Waals surface area (Å²) in [5.74, 6) is -0.0881. The molecule has 1 atom stereocenters. The van der Waals surface area contributed by atoms with Crippen molar-refractivity contribution in [1.82, 2.24) is 14.9 Å². The molecule has 1 saturated heterocycles. The van der Waals surface area contributed by atoms with Crippen molar-refractivity contribution >= 4 is 5.91 Å². The normalized spacial score (nSPS) is 22.0. The first-order valence-corrected chi connectivity index (χ1v) is 8.24. The summed E-state index contributed by atoms with van der Waals surface area (Å²) in [5, 5.41) is 0. The molecule has 1 amide bonds. The largest absolute Gasteiger partial charge is 0.411 e. The molecule has 1 fully saturated rings. The van der Waals surface area contributed by atoms with Crippen molar-refractivity contribution < 1.29 is 18.0 Å². The molecule has 0 spiro atoms. The third-order valence-electron chi connectivity index (χ3n) is 4.49. The van der Waals surface area contributed by atoms with Crippen LogP contribution in [-0.2, 0) is 5.41 Å². The van der Waals surface area contributed by atoms with E-state index in [1.807, 2.05) is 20.8 Å². The summed E-state index contributed by atoms with van der Waals surface area (Å²) in [6.45, 7) is 7.61. The van der Waals surface area contributed by atoms with Gasteiger partial charge in [-0.2, -0.15) is 13.2 Å². The van der Waals surface area contributed by atoms with E-state index in [9.17, 15) is 18.0 Å². The Morgan fingerprint density at radius 3 is 2.29 bits per heavy atom. The zero-order valence-corrected chi connectivity index (χ0v) is 14.6. The first kappa shape index (κ1) is 18.7. The Morgan fingerprint density at radius 1 is 1.25 bits per heavy atom. The van der Waals surface area contributed by atoms with E-state index in [-0.39, 0.29) is 30.4 Å². The molecular formula is C17H24F3N3O. The standard InChI is InChI=1S/C17H24F3N3O/c1-5-7-16(17(18,19)20)8-6-9-23(16)13(24)12-10-21-14(22-11-12)15(2,3)4/h10-11H,5-9H2,1-4H3. The Balaban J connectivity index is 2.34. The molecule has 0 aliphatic carbocycles. The van der Waals surface area contributed by atoms with Gasteiger partial charge in [-0.1, -0.05) is 34.1 Å². The topological polar surface area (TPSA) is 46.1 Å². The Bertz CT molecular complexity index is 593. The van der Waals surface area contributed by atoms with E-state index in [0.29, 0.717) is 18.7 Å². The van der Waals surface area contributed by atoms with Gasteiger partial charge in [0.15, 0.2) is 0 Å². The Labute approximate surface area is 140 Å². The van der Waals surface area contributed by atoms with E-state index in [1.165, 1.54) is 12.4 Å². The summed E-state index contributed by atoms with van der Waals surface area (Å²) in [5.41, 5.74) is -2.25. The van der Waals surface area contributed by atoms with Gasteiger partial charge in [-0.05, 0) is 19.3 Å². The molecule has 7 heteroatoms. The van der Waals surface area contributed by atoms with Crippen LogP contribution in [-0.4, -0.2) is 39.0 Å². The SMILES string of the molecule is CCCC1(C(F)(F)F)CCCN1C(=O)c1cnc(C(C)(C)C)nc1. The number of likely N-dealkylation sites (tertiary alicyclic amines) is 1. The third-order valence-corrected chi connectivity index (χ3v) is 4.49. The number of hydrogen-bond acceptors (Lipinski definition) is 3. The average Bonchev–Trinajstić information content (AvgIpc) is 2.91. The van der Waals surface area contributed by atoms with E-state index in [4.69, 9.17) is 0 Å². The van der Waals surface area contributed by atoms with Gasteiger partial charge in [-0.15, -0.1) is 0 Å². The van der Waals surface area contributed by atoms with Gasteiger partial charge in [0.1, 0.15) is 11.4 Å². The molecular weight excluding hydrogens is 319 g/mol. The number of amides is 1. The molecule has 1 unspecified atom stereocenters. The van der Waals surface area contributed by atoms with Crippen molar-refractivity contribution in [2.24, 2.45) is 0 Å². The molecule has 1 aromatic rings. The smallest absolute Gasteiger partial charge is 0.324 e. The zero-order valence-electron chi connectivity index (χ0n) is 14.6. The molecule has 1 aliphatic heterocycles. The second-order valence-electron chi connectivity index (χ2n) is 7.39. The first-order chi connectivity index (χ1) is 11.0. The van der Waals surface area contributed by atoms with Crippen LogP contribution in [0.4, 0.5) is 13.2 Å². The quantitative estimate of drug-likeness (QED) is 0.830. The van der Waals surface area contributed by atoms with Gasteiger partial charge < -0.3 is 4.90 Å².